The fourth-order valence-corrected chi connectivity index (χ4v) is 4.94. The summed E-state index contributed by atoms with van der Waals surface area (Å²) in [5.74, 6) is 0.259. The molecule has 5 nitrogen and oxygen atoms in total. The summed E-state index contributed by atoms with van der Waals surface area (Å²) in [4.78, 5) is 23.6. The molecular weight excluding hydrogens is 372 g/mol. The first-order valence-electron chi connectivity index (χ1n) is 11.0. The van der Waals surface area contributed by atoms with Gasteiger partial charge in [0, 0.05) is 73.9 Å². The summed E-state index contributed by atoms with van der Waals surface area (Å²) >= 11 is 0. The van der Waals surface area contributed by atoms with Crippen LogP contribution in [0.3, 0.4) is 0 Å². The molecule has 5 rings (SSSR count). The molecule has 1 amide bonds. The van der Waals surface area contributed by atoms with Gasteiger partial charge in [-0.15, -0.1) is 0 Å². The molecule has 156 valence electrons. The van der Waals surface area contributed by atoms with Gasteiger partial charge in [0.1, 0.15) is 0 Å². The largest absolute Gasteiger partial charge is 0.358 e. The van der Waals surface area contributed by atoms with Crippen LogP contribution in [0.25, 0.3) is 10.9 Å². The fourth-order valence-electron chi connectivity index (χ4n) is 4.94. The van der Waals surface area contributed by atoms with Crippen molar-refractivity contribution in [3.8, 4) is 0 Å². The first-order chi connectivity index (χ1) is 14.7. The van der Waals surface area contributed by atoms with Gasteiger partial charge in [0.15, 0.2) is 0 Å². The van der Waals surface area contributed by atoms with Crippen molar-refractivity contribution in [3.05, 3.63) is 71.4 Å². The Bertz CT molecular complexity index is 1030. The number of piperazine rings is 1. The van der Waals surface area contributed by atoms with Crippen molar-refractivity contribution < 1.29 is 4.79 Å². The predicted molar refractivity (Wildman–Crippen MR) is 120 cm³/mol. The summed E-state index contributed by atoms with van der Waals surface area (Å²) < 4.78 is 0. The molecule has 3 aromatic rings. The maximum absolute atomic E-state index is 13.1. The minimum Gasteiger partial charge on any atom is -0.358 e. The summed E-state index contributed by atoms with van der Waals surface area (Å²) in [6, 6.07) is 19.5. The van der Waals surface area contributed by atoms with Crippen LogP contribution in [0.15, 0.2) is 54.6 Å². The zero-order valence-corrected chi connectivity index (χ0v) is 17.7. The molecule has 0 aliphatic carbocycles. The minimum absolute atomic E-state index is 0.259. The maximum Gasteiger partial charge on any atom is 0.237 e. The van der Waals surface area contributed by atoms with E-state index in [0.29, 0.717) is 12.6 Å². The minimum atomic E-state index is 0.259. The Hall–Kier alpha value is -2.63. The van der Waals surface area contributed by atoms with Gasteiger partial charge in [0.25, 0.3) is 0 Å². The van der Waals surface area contributed by atoms with Crippen LogP contribution < -0.4 is 0 Å². The summed E-state index contributed by atoms with van der Waals surface area (Å²) in [7, 11) is 0. The Labute approximate surface area is 178 Å². The van der Waals surface area contributed by atoms with Crippen LogP contribution in [0.1, 0.15) is 23.7 Å². The molecule has 0 bridgehead atoms. The molecule has 1 aromatic heterocycles. The topological polar surface area (TPSA) is 42.6 Å². The summed E-state index contributed by atoms with van der Waals surface area (Å²) in [6.45, 7) is 8.26. The van der Waals surface area contributed by atoms with Gasteiger partial charge in [0.2, 0.25) is 5.91 Å². The molecule has 1 fully saturated rings. The van der Waals surface area contributed by atoms with Crippen molar-refractivity contribution in [1.82, 2.24) is 19.7 Å². The number of rotatable bonds is 4. The number of H-pyrrole nitrogens is 1. The zero-order valence-electron chi connectivity index (χ0n) is 17.7. The Morgan fingerprint density at radius 1 is 1.03 bits per heavy atom. The van der Waals surface area contributed by atoms with E-state index in [1.54, 1.807) is 0 Å². The van der Waals surface area contributed by atoms with Gasteiger partial charge in [-0.3, -0.25) is 14.6 Å². The Kier molecular flexibility index (Phi) is 5.32. The van der Waals surface area contributed by atoms with E-state index < -0.39 is 0 Å². The molecule has 30 heavy (non-hydrogen) atoms. The van der Waals surface area contributed by atoms with Crippen molar-refractivity contribution in [3.63, 3.8) is 0 Å². The Morgan fingerprint density at radius 3 is 2.67 bits per heavy atom. The number of nitrogens with zero attached hydrogens (tertiary/aromatic N) is 3. The molecule has 5 heteroatoms. The number of aromatic nitrogens is 1. The third kappa shape index (κ3) is 3.87. The average molecular weight is 403 g/mol. The first-order valence-corrected chi connectivity index (χ1v) is 11.0. The van der Waals surface area contributed by atoms with E-state index in [1.165, 1.54) is 27.7 Å². The number of hydrogen-bond donors (Lipinski definition) is 1. The van der Waals surface area contributed by atoms with E-state index in [1.807, 2.05) is 4.90 Å². The van der Waals surface area contributed by atoms with Gasteiger partial charge in [-0.2, -0.15) is 0 Å². The van der Waals surface area contributed by atoms with E-state index >= 15 is 0 Å². The molecule has 0 unspecified atom stereocenters. The van der Waals surface area contributed by atoms with E-state index in [-0.39, 0.29) is 5.91 Å². The zero-order chi connectivity index (χ0) is 20.5. The van der Waals surface area contributed by atoms with Crippen LogP contribution >= 0.6 is 0 Å². The SMILES string of the molecule is C[C@@H]1CN(Cc2ccccc2)CCN1CC(=O)N1CCc2[nH]c3ccccc3c2C1. The van der Waals surface area contributed by atoms with Crippen LogP contribution in [0.5, 0.6) is 0 Å². The number of carbonyl (C=O) groups is 1. The van der Waals surface area contributed by atoms with Gasteiger partial charge < -0.3 is 9.88 Å². The number of fused-ring (bicyclic) bond motifs is 3. The normalized spacial score (nSPS) is 20.4. The van der Waals surface area contributed by atoms with E-state index in [2.05, 4.69) is 76.3 Å². The highest BCUT2D eigenvalue weighted by atomic mass is 16.2. The van der Waals surface area contributed by atoms with Gasteiger partial charge in [-0.25, -0.2) is 0 Å². The van der Waals surface area contributed by atoms with Crippen LogP contribution in [-0.2, 0) is 24.3 Å². The molecule has 0 radical (unpaired) electrons. The van der Waals surface area contributed by atoms with Crippen LogP contribution in [-0.4, -0.2) is 64.4 Å². The fraction of sp³-hybridized carbons (Fsp3) is 0.400. The second-order valence-corrected chi connectivity index (χ2v) is 8.73. The van der Waals surface area contributed by atoms with Crippen molar-refractivity contribution in [2.75, 3.05) is 32.7 Å². The predicted octanol–water partition coefficient (Wildman–Crippen LogP) is 3.26. The molecule has 2 aliphatic rings. The maximum atomic E-state index is 13.1. The second kappa shape index (κ2) is 8.25. The van der Waals surface area contributed by atoms with Crippen molar-refractivity contribution in [2.45, 2.75) is 32.5 Å². The molecule has 2 aliphatic heterocycles. The number of hydrogen-bond acceptors (Lipinski definition) is 3. The number of para-hydroxylation sites is 1. The second-order valence-electron chi connectivity index (χ2n) is 8.73. The molecule has 1 saturated heterocycles. The van der Waals surface area contributed by atoms with Crippen LogP contribution in [0.2, 0.25) is 0 Å². The lowest BCUT2D eigenvalue weighted by Gasteiger charge is -2.40. The average Bonchev–Trinajstić information content (AvgIpc) is 3.14. The van der Waals surface area contributed by atoms with E-state index in [9.17, 15) is 4.79 Å². The quantitative estimate of drug-likeness (QED) is 0.728. The van der Waals surface area contributed by atoms with Crippen LogP contribution in [0.4, 0.5) is 0 Å². The summed E-state index contributed by atoms with van der Waals surface area (Å²) in [5.41, 5.74) is 5.13. The Morgan fingerprint density at radius 2 is 1.83 bits per heavy atom. The van der Waals surface area contributed by atoms with Crippen molar-refractivity contribution in [2.24, 2.45) is 0 Å². The number of benzene rings is 2. The summed E-state index contributed by atoms with van der Waals surface area (Å²) in [6.07, 6.45) is 0.913. The number of amides is 1. The van der Waals surface area contributed by atoms with Gasteiger partial charge in [-0.1, -0.05) is 48.5 Å². The lowest BCUT2D eigenvalue weighted by atomic mass is 10.0. The Balaban J connectivity index is 1.19. The van der Waals surface area contributed by atoms with Crippen LogP contribution in [0, 0.1) is 0 Å². The summed E-state index contributed by atoms with van der Waals surface area (Å²) in [5, 5.41) is 1.26. The number of nitrogens with one attached hydrogen (secondary N) is 1. The number of carbonyl (C=O) groups excluding carboxylic acids is 1. The molecule has 0 spiro atoms. The van der Waals surface area contributed by atoms with Gasteiger partial charge in [0.05, 0.1) is 6.54 Å². The van der Waals surface area contributed by atoms with E-state index in [4.69, 9.17) is 0 Å². The molecule has 3 heterocycles. The van der Waals surface area contributed by atoms with Crippen molar-refractivity contribution >= 4 is 16.8 Å². The highest BCUT2D eigenvalue weighted by molar-refractivity contribution is 5.86. The lowest BCUT2D eigenvalue weighted by molar-refractivity contribution is -0.134. The first kappa shape index (κ1) is 19.3. The highest BCUT2D eigenvalue weighted by Crippen LogP contribution is 2.27. The molecule has 2 aromatic carbocycles. The molecular formula is C25H30N4O. The lowest BCUT2D eigenvalue weighted by Crippen LogP contribution is -2.54. The third-order valence-electron chi connectivity index (χ3n) is 6.67. The third-order valence-corrected chi connectivity index (χ3v) is 6.67. The van der Waals surface area contributed by atoms with Gasteiger partial charge >= 0.3 is 0 Å². The molecule has 1 N–H and O–H groups in total. The smallest absolute Gasteiger partial charge is 0.237 e. The number of aromatic amines is 1. The molecule has 1 atom stereocenters. The van der Waals surface area contributed by atoms with Gasteiger partial charge in [-0.05, 0) is 18.6 Å². The molecule has 0 saturated carbocycles. The van der Waals surface area contributed by atoms with E-state index in [0.717, 1.165) is 45.7 Å². The standard InChI is InChI=1S/C25H30N4O/c1-19-15-27(16-20-7-3-2-4-8-20)13-14-28(19)18-25(30)29-12-11-24-22(17-29)21-9-5-6-10-23(21)26-24/h2-10,19,26H,11-18H2,1H3/t19-/m1/s1. The monoisotopic (exact) mass is 402 g/mol. The van der Waals surface area contributed by atoms with Crippen molar-refractivity contribution in [1.29, 1.82) is 0 Å². The highest BCUT2D eigenvalue weighted by Gasteiger charge is 2.29.